The van der Waals surface area contributed by atoms with E-state index in [1.807, 2.05) is 19.1 Å². The molecule has 26 heavy (non-hydrogen) atoms. The number of nitriles is 1. The Balaban J connectivity index is 1.83. The second kappa shape index (κ2) is 5.47. The van der Waals surface area contributed by atoms with Gasteiger partial charge in [-0.2, -0.15) is 23.5 Å². The minimum absolute atomic E-state index is 0.192. The molecular weight excluding hydrogens is 345 g/mol. The molecule has 3 heterocycles. The van der Waals surface area contributed by atoms with Gasteiger partial charge < -0.3 is 9.67 Å². The maximum atomic E-state index is 13.0. The van der Waals surface area contributed by atoms with Crippen LogP contribution in [-0.2, 0) is 12.7 Å². The molecule has 1 unspecified atom stereocenters. The van der Waals surface area contributed by atoms with E-state index in [2.05, 4.69) is 5.10 Å². The van der Waals surface area contributed by atoms with Crippen LogP contribution in [0.15, 0.2) is 36.4 Å². The molecule has 1 aromatic carbocycles. The number of fused-ring (bicyclic) bond motifs is 2. The predicted molar refractivity (Wildman–Crippen MR) is 86.0 cm³/mol. The number of benzene rings is 1. The van der Waals surface area contributed by atoms with E-state index in [0.29, 0.717) is 22.5 Å². The van der Waals surface area contributed by atoms with Crippen molar-refractivity contribution in [3.8, 4) is 17.2 Å². The van der Waals surface area contributed by atoms with Gasteiger partial charge in [-0.3, -0.25) is 0 Å². The zero-order chi connectivity index (χ0) is 18.6. The molecule has 132 valence electrons. The summed E-state index contributed by atoms with van der Waals surface area (Å²) < 4.78 is 41.7. The van der Waals surface area contributed by atoms with E-state index >= 15 is 0 Å². The van der Waals surface area contributed by atoms with E-state index in [-0.39, 0.29) is 6.54 Å². The molecule has 1 N–H and O–H groups in total. The molecular formula is C18H13F3N4O. The minimum Gasteiger partial charge on any atom is -0.367 e. The standard InChI is InChI=1S/C18H13F3N4O/c1-10-6-14(12-4-2-11(8-22)3-5-12)16-17(26)25-13(9-24(10)16)7-15(23-25)18(19,20)21/h2-7,17,26H,9H2,1H3. The highest BCUT2D eigenvalue weighted by atomic mass is 19.4. The Kier molecular flexibility index (Phi) is 3.46. The van der Waals surface area contributed by atoms with Gasteiger partial charge in [-0.25, -0.2) is 4.68 Å². The zero-order valence-electron chi connectivity index (χ0n) is 13.6. The number of halogens is 3. The van der Waals surface area contributed by atoms with Crippen LogP contribution >= 0.6 is 0 Å². The first-order valence-corrected chi connectivity index (χ1v) is 7.84. The smallest absolute Gasteiger partial charge is 0.367 e. The molecule has 8 heteroatoms. The molecule has 0 bridgehead atoms. The number of aryl methyl sites for hydroxylation is 1. The van der Waals surface area contributed by atoms with Gasteiger partial charge in [0.2, 0.25) is 0 Å². The van der Waals surface area contributed by atoms with Gasteiger partial charge in [-0.15, -0.1) is 0 Å². The van der Waals surface area contributed by atoms with Gasteiger partial charge in [-0.1, -0.05) is 12.1 Å². The Bertz CT molecular complexity index is 1040. The van der Waals surface area contributed by atoms with Crippen LogP contribution in [-0.4, -0.2) is 19.5 Å². The van der Waals surface area contributed by atoms with E-state index in [1.165, 1.54) is 0 Å². The average Bonchev–Trinajstić information content (AvgIpc) is 3.18. The van der Waals surface area contributed by atoms with Crippen molar-refractivity contribution in [2.24, 2.45) is 0 Å². The Morgan fingerprint density at radius 3 is 2.54 bits per heavy atom. The minimum atomic E-state index is -4.57. The lowest BCUT2D eigenvalue weighted by molar-refractivity contribution is -0.141. The highest BCUT2D eigenvalue weighted by molar-refractivity contribution is 5.69. The summed E-state index contributed by atoms with van der Waals surface area (Å²) in [6.07, 6.45) is -5.89. The third kappa shape index (κ3) is 2.40. The lowest BCUT2D eigenvalue weighted by Crippen LogP contribution is -2.26. The van der Waals surface area contributed by atoms with Crippen molar-refractivity contribution >= 4 is 0 Å². The van der Waals surface area contributed by atoms with Crippen molar-refractivity contribution in [2.75, 3.05) is 0 Å². The van der Waals surface area contributed by atoms with Crippen LogP contribution in [0.3, 0.4) is 0 Å². The van der Waals surface area contributed by atoms with Crippen LogP contribution in [0.2, 0.25) is 0 Å². The average molecular weight is 358 g/mol. The second-order valence-corrected chi connectivity index (χ2v) is 6.20. The number of alkyl halides is 3. The molecule has 2 aromatic heterocycles. The number of aliphatic hydroxyl groups is 1. The maximum absolute atomic E-state index is 13.0. The molecule has 0 saturated carbocycles. The zero-order valence-corrected chi connectivity index (χ0v) is 13.6. The van der Waals surface area contributed by atoms with Crippen LogP contribution < -0.4 is 0 Å². The lowest BCUT2D eigenvalue weighted by Gasteiger charge is -2.25. The van der Waals surface area contributed by atoms with Gasteiger partial charge in [0.05, 0.1) is 29.6 Å². The van der Waals surface area contributed by atoms with Gasteiger partial charge in [-0.05, 0) is 36.8 Å². The molecule has 0 radical (unpaired) electrons. The molecule has 0 saturated heterocycles. The van der Waals surface area contributed by atoms with Crippen molar-refractivity contribution < 1.29 is 18.3 Å². The van der Waals surface area contributed by atoms with Gasteiger partial charge in [0.15, 0.2) is 11.9 Å². The predicted octanol–water partition coefficient (Wildman–Crippen LogP) is 3.45. The third-order valence-electron chi connectivity index (χ3n) is 4.57. The largest absolute Gasteiger partial charge is 0.435 e. The highest BCUT2D eigenvalue weighted by Crippen LogP contribution is 2.38. The number of nitrogens with zero attached hydrogens (tertiary/aromatic N) is 4. The summed E-state index contributed by atoms with van der Waals surface area (Å²) in [5, 5.41) is 23.2. The Hall–Kier alpha value is -3.05. The molecule has 4 rings (SSSR count). The Morgan fingerprint density at radius 1 is 1.23 bits per heavy atom. The van der Waals surface area contributed by atoms with Gasteiger partial charge in [0.1, 0.15) is 0 Å². The number of hydrogen-bond donors (Lipinski definition) is 1. The number of hydrogen-bond acceptors (Lipinski definition) is 3. The van der Waals surface area contributed by atoms with Crippen LogP contribution in [0.1, 0.15) is 34.6 Å². The topological polar surface area (TPSA) is 66.8 Å². The molecule has 1 aliphatic rings. The van der Waals surface area contributed by atoms with E-state index in [1.54, 1.807) is 28.8 Å². The summed E-state index contributed by atoms with van der Waals surface area (Å²) >= 11 is 0. The summed E-state index contributed by atoms with van der Waals surface area (Å²) in [7, 11) is 0. The Morgan fingerprint density at radius 2 is 1.92 bits per heavy atom. The maximum Gasteiger partial charge on any atom is 0.435 e. The molecule has 1 atom stereocenters. The van der Waals surface area contributed by atoms with E-state index in [4.69, 9.17) is 5.26 Å². The summed E-state index contributed by atoms with van der Waals surface area (Å²) in [5.74, 6) is 0. The monoisotopic (exact) mass is 358 g/mol. The van der Waals surface area contributed by atoms with Gasteiger partial charge in [0.25, 0.3) is 0 Å². The first kappa shape index (κ1) is 16.4. The fourth-order valence-electron chi connectivity index (χ4n) is 3.32. The SMILES string of the molecule is Cc1cc(-c2ccc(C#N)cc2)c2n1Cc1cc(C(F)(F)F)nn1C2O. The lowest BCUT2D eigenvalue weighted by atomic mass is 10.0. The first-order valence-electron chi connectivity index (χ1n) is 7.84. The first-order chi connectivity index (χ1) is 12.3. The Labute approximate surface area is 146 Å². The van der Waals surface area contributed by atoms with Crippen molar-refractivity contribution in [3.63, 3.8) is 0 Å². The fourth-order valence-corrected chi connectivity index (χ4v) is 3.32. The van der Waals surface area contributed by atoms with Crippen LogP contribution in [0.4, 0.5) is 13.2 Å². The van der Waals surface area contributed by atoms with Crippen molar-refractivity contribution in [2.45, 2.75) is 25.9 Å². The summed E-state index contributed by atoms with van der Waals surface area (Å²) in [6, 6.07) is 11.7. The van der Waals surface area contributed by atoms with Gasteiger partial charge in [0, 0.05) is 11.3 Å². The molecule has 5 nitrogen and oxygen atoms in total. The van der Waals surface area contributed by atoms with Crippen molar-refractivity contribution in [1.29, 1.82) is 5.26 Å². The fraction of sp³-hybridized carbons (Fsp3) is 0.222. The molecule has 0 fully saturated rings. The van der Waals surface area contributed by atoms with E-state index in [0.717, 1.165) is 22.0 Å². The van der Waals surface area contributed by atoms with E-state index < -0.39 is 18.1 Å². The van der Waals surface area contributed by atoms with Crippen LogP contribution in [0.5, 0.6) is 0 Å². The highest BCUT2D eigenvalue weighted by Gasteiger charge is 2.38. The number of aromatic nitrogens is 3. The number of aliphatic hydroxyl groups excluding tert-OH is 1. The summed E-state index contributed by atoms with van der Waals surface area (Å²) in [6.45, 7) is 2.03. The molecule has 0 amide bonds. The van der Waals surface area contributed by atoms with Crippen molar-refractivity contribution in [3.05, 3.63) is 64.7 Å². The third-order valence-corrected chi connectivity index (χ3v) is 4.57. The quantitative estimate of drug-likeness (QED) is 0.725. The molecule has 3 aromatic rings. The molecule has 0 spiro atoms. The normalized spacial score (nSPS) is 16.1. The molecule has 1 aliphatic heterocycles. The summed E-state index contributed by atoms with van der Waals surface area (Å²) in [4.78, 5) is 0. The van der Waals surface area contributed by atoms with Crippen LogP contribution in [0, 0.1) is 18.3 Å². The van der Waals surface area contributed by atoms with Crippen LogP contribution in [0.25, 0.3) is 11.1 Å². The number of rotatable bonds is 1. The summed E-state index contributed by atoms with van der Waals surface area (Å²) in [5.41, 5.74) is 2.55. The van der Waals surface area contributed by atoms with E-state index in [9.17, 15) is 18.3 Å². The second-order valence-electron chi connectivity index (χ2n) is 6.20. The molecule has 0 aliphatic carbocycles. The van der Waals surface area contributed by atoms with Gasteiger partial charge >= 0.3 is 6.18 Å². The van der Waals surface area contributed by atoms with Crippen molar-refractivity contribution in [1.82, 2.24) is 14.3 Å².